The van der Waals surface area contributed by atoms with Crippen molar-refractivity contribution in [3.8, 4) is 11.5 Å². The number of hydrogen-bond donors (Lipinski definition) is 0. The van der Waals surface area contributed by atoms with Gasteiger partial charge in [-0.2, -0.15) is 0 Å². The van der Waals surface area contributed by atoms with E-state index in [-0.39, 0.29) is 18.4 Å². The predicted molar refractivity (Wildman–Crippen MR) is 144 cm³/mol. The summed E-state index contributed by atoms with van der Waals surface area (Å²) in [5, 5.41) is 0.642. The average molecular weight is 578 g/mol. The third kappa shape index (κ3) is 3.41. The van der Waals surface area contributed by atoms with Gasteiger partial charge in [-0.15, -0.1) is 0 Å². The van der Waals surface area contributed by atoms with E-state index in [4.69, 9.17) is 26.1 Å². The summed E-state index contributed by atoms with van der Waals surface area (Å²) in [4.78, 5) is 19.7. The van der Waals surface area contributed by atoms with Crippen LogP contribution in [0.25, 0.3) is 11.8 Å². The number of benzene rings is 3. The number of rotatable bonds is 2. The second-order valence-corrected chi connectivity index (χ2v) is 11.1. The molecule has 1 aliphatic carbocycles. The molecule has 8 heteroatoms. The Kier molecular flexibility index (Phi) is 5.20. The highest BCUT2D eigenvalue weighted by molar-refractivity contribution is 9.10. The van der Waals surface area contributed by atoms with E-state index in [9.17, 15) is 4.79 Å². The Hall–Kier alpha value is -3.13. The first-order chi connectivity index (χ1) is 17.6. The first-order valence-electron chi connectivity index (χ1n) is 11.5. The Morgan fingerprint density at radius 1 is 1.06 bits per heavy atom. The number of allylic oxidation sites excluding steroid dienone is 1. The maximum atomic E-state index is 13.9. The van der Waals surface area contributed by atoms with Crippen LogP contribution < -0.4 is 24.4 Å². The zero-order valence-corrected chi connectivity index (χ0v) is 22.0. The third-order valence-corrected chi connectivity index (χ3v) is 8.87. The van der Waals surface area contributed by atoms with Gasteiger partial charge in [-0.25, -0.2) is 4.99 Å². The van der Waals surface area contributed by atoms with Crippen molar-refractivity contribution in [3.05, 3.63) is 118 Å². The summed E-state index contributed by atoms with van der Waals surface area (Å²) in [5.41, 5.74) is 6.17. The van der Waals surface area contributed by atoms with Gasteiger partial charge in [0.2, 0.25) is 6.79 Å². The van der Waals surface area contributed by atoms with Crippen LogP contribution in [-0.4, -0.2) is 11.4 Å². The van der Waals surface area contributed by atoms with Crippen LogP contribution in [-0.2, 0) is 6.42 Å². The van der Waals surface area contributed by atoms with Crippen LogP contribution in [0.3, 0.4) is 0 Å². The topological polar surface area (TPSA) is 52.8 Å². The van der Waals surface area contributed by atoms with Gasteiger partial charge in [0.15, 0.2) is 16.3 Å². The first-order valence-corrected chi connectivity index (χ1v) is 13.5. The molecule has 0 spiro atoms. The van der Waals surface area contributed by atoms with E-state index in [1.807, 2.05) is 53.1 Å². The molecule has 3 aliphatic rings. The molecule has 1 atom stereocenters. The predicted octanol–water partition coefficient (Wildman–Crippen LogP) is 5.46. The van der Waals surface area contributed by atoms with Crippen molar-refractivity contribution in [2.24, 2.45) is 4.99 Å². The van der Waals surface area contributed by atoms with Crippen LogP contribution in [0, 0.1) is 0 Å². The molecule has 3 heterocycles. The number of ether oxygens (including phenoxy) is 2. The monoisotopic (exact) mass is 576 g/mol. The number of fused-ring (bicyclic) bond motifs is 4. The minimum absolute atomic E-state index is 0.0846. The summed E-state index contributed by atoms with van der Waals surface area (Å²) in [7, 11) is 0. The Morgan fingerprint density at radius 3 is 2.69 bits per heavy atom. The molecule has 0 N–H and O–H groups in total. The minimum atomic E-state index is -0.305. The lowest BCUT2D eigenvalue weighted by molar-refractivity contribution is 0.174. The van der Waals surface area contributed by atoms with Crippen LogP contribution in [0.5, 0.6) is 11.5 Å². The maximum absolute atomic E-state index is 13.9. The summed E-state index contributed by atoms with van der Waals surface area (Å²) in [6, 6.07) is 19.6. The standard InChI is InChI=1S/C28H18BrClN2O3S/c29-20-13-23-22(34-14-35-23)11-16(20)12-24-27(33)32-26(18-7-3-4-8-21(18)30)19-10-9-15-5-1-2-6-17(15)25(19)31-28(32)36-24/h1-8,11-13,26H,9-10,14H2/t26-/m1/s1. The fraction of sp³-hybridized carbons (Fsp3) is 0.143. The molecule has 0 saturated carbocycles. The van der Waals surface area contributed by atoms with Gasteiger partial charge in [-0.1, -0.05) is 81.3 Å². The molecule has 0 amide bonds. The van der Waals surface area contributed by atoms with Gasteiger partial charge in [0, 0.05) is 15.1 Å². The molecule has 178 valence electrons. The lowest BCUT2D eigenvalue weighted by Gasteiger charge is -2.31. The highest BCUT2D eigenvalue weighted by atomic mass is 79.9. The van der Waals surface area contributed by atoms with Gasteiger partial charge in [-0.3, -0.25) is 9.36 Å². The van der Waals surface area contributed by atoms with Crippen LogP contribution in [0.4, 0.5) is 0 Å². The fourth-order valence-corrected chi connectivity index (χ4v) is 6.85. The van der Waals surface area contributed by atoms with Gasteiger partial charge in [-0.05, 0) is 59.4 Å². The number of nitrogens with zero attached hydrogens (tertiary/aromatic N) is 2. The number of aryl methyl sites for hydroxylation is 1. The molecule has 3 aromatic carbocycles. The molecule has 0 fully saturated rings. The lowest BCUT2D eigenvalue weighted by atomic mass is 9.83. The minimum Gasteiger partial charge on any atom is -0.454 e. The van der Waals surface area contributed by atoms with Crippen molar-refractivity contribution in [3.63, 3.8) is 0 Å². The van der Waals surface area contributed by atoms with Crippen LogP contribution >= 0.6 is 38.9 Å². The molecule has 0 saturated heterocycles. The molecule has 7 rings (SSSR count). The van der Waals surface area contributed by atoms with Crippen LogP contribution in [0.1, 0.15) is 34.7 Å². The van der Waals surface area contributed by atoms with E-state index in [1.54, 1.807) is 0 Å². The molecule has 1 aromatic heterocycles. The second kappa shape index (κ2) is 8.47. The summed E-state index contributed by atoms with van der Waals surface area (Å²) in [6.07, 6.45) is 3.61. The zero-order chi connectivity index (χ0) is 24.4. The van der Waals surface area contributed by atoms with Gasteiger partial charge in [0.05, 0.1) is 16.3 Å². The zero-order valence-electron chi connectivity index (χ0n) is 18.8. The average Bonchev–Trinajstić information content (AvgIpc) is 3.47. The number of thiazole rings is 1. The van der Waals surface area contributed by atoms with E-state index in [1.165, 1.54) is 16.9 Å². The Labute approximate surface area is 223 Å². The molecule has 2 aliphatic heterocycles. The second-order valence-electron chi connectivity index (χ2n) is 8.86. The molecular formula is C28H18BrClN2O3S. The van der Waals surface area contributed by atoms with Gasteiger partial charge in [0.25, 0.3) is 5.56 Å². The SMILES string of the molecule is O=c1c(=Cc2cc3c(cc2Br)OCO3)sc2n1[C@H](c1ccccc1Cl)C1=C(N=2)c2ccccc2CC1. The number of hydrogen-bond acceptors (Lipinski definition) is 5. The molecule has 36 heavy (non-hydrogen) atoms. The first kappa shape index (κ1) is 22.1. The van der Waals surface area contributed by atoms with Gasteiger partial charge >= 0.3 is 0 Å². The summed E-state index contributed by atoms with van der Waals surface area (Å²) in [5.74, 6) is 1.35. The van der Waals surface area contributed by atoms with Gasteiger partial charge in [0.1, 0.15) is 0 Å². The lowest BCUT2D eigenvalue weighted by Crippen LogP contribution is -2.38. The van der Waals surface area contributed by atoms with E-state index in [2.05, 4.69) is 34.1 Å². The van der Waals surface area contributed by atoms with Gasteiger partial charge < -0.3 is 9.47 Å². The molecular weight excluding hydrogens is 560 g/mol. The van der Waals surface area contributed by atoms with Crippen LogP contribution in [0.15, 0.2) is 80.5 Å². The van der Waals surface area contributed by atoms with Crippen molar-refractivity contribution < 1.29 is 9.47 Å². The molecule has 0 bridgehead atoms. The molecule has 0 unspecified atom stereocenters. The number of halogens is 2. The summed E-state index contributed by atoms with van der Waals surface area (Å²) in [6.45, 7) is 0.193. The molecule has 5 nitrogen and oxygen atoms in total. The van der Waals surface area contributed by atoms with Crippen molar-refractivity contribution in [2.75, 3.05) is 6.79 Å². The normalized spacial score (nSPS) is 17.9. The van der Waals surface area contributed by atoms with E-state index in [0.717, 1.165) is 45.3 Å². The summed E-state index contributed by atoms with van der Waals surface area (Å²) < 4.78 is 14.2. The summed E-state index contributed by atoms with van der Waals surface area (Å²) >= 11 is 11.7. The highest BCUT2D eigenvalue weighted by Crippen LogP contribution is 2.43. The fourth-order valence-electron chi connectivity index (χ4n) is 5.18. The van der Waals surface area contributed by atoms with Crippen molar-refractivity contribution in [1.82, 2.24) is 4.57 Å². The third-order valence-electron chi connectivity index (χ3n) is 6.85. The van der Waals surface area contributed by atoms with Crippen LogP contribution in [0.2, 0.25) is 5.02 Å². The van der Waals surface area contributed by atoms with Crippen molar-refractivity contribution in [2.45, 2.75) is 18.9 Å². The number of aromatic nitrogens is 1. The Bertz CT molecular complexity index is 1790. The Balaban J connectivity index is 1.49. The molecule has 0 radical (unpaired) electrons. The van der Waals surface area contributed by atoms with E-state index < -0.39 is 0 Å². The Morgan fingerprint density at radius 2 is 1.83 bits per heavy atom. The highest BCUT2D eigenvalue weighted by Gasteiger charge is 2.33. The van der Waals surface area contributed by atoms with E-state index >= 15 is 0 Å². The van der Waals surface area contributed by atoms with E-state index in [0.29, 0.717) is 25.9 Å². The maximum Gasteiger partial charge on any atom is 0.271 e. The van der Waals surface area contributed by atoms with Crippen molar-refractivity contribution in [1.29, 1.82) is 0 Å². The largest absolute Gasteiger partial charge is 0.454 e. The quantitative estimate of drug-likeness (QED) is 0.318. The smallest absolute Gasteiger partial charge is 0.271 e. The van der Waals surface area contributed by atoms with Crippen molar-refractivity contribution >= 4 is 50.6 Å². The molecule has 4 aromatic rings.